The Labute approximate surface area is 163 Å². The molecule has 6 nitrogen and oxygen atoms in total. The topological polar surface area (TPSA) is 79.4 Å². The predicted octanol–water partition coefficient (Wildman–Crippen LogP) is 3.05. The lowest BCUT2D eigenvalue weighted by Crippen LogP contribution is -2.42. The number of carbonyl (C=O) groups excluding carboxylic acids is 1. The number of nitrogens with one attached hydrogen (secondary N) is 1. The molecule has 1 fully saturated rings. The smallest absolute Gasteiger partial charge is 0.244 e. The van der Waals surface area contributed by atoms with Crippen LogP contribution >= 0.6 is 11.3 Å². The molecule has 144 valence electrons. The van der Waals surface area contributed by atoms with E-state index in [1.165, 1.54) is 39.6 Å². The summed E-state index contributed by atoms with van der Waals surface area (Å²) in [6.45, 7) is 0.398. The van der Waals surface area contributed by atoms with Gasteiger partial charge in [-0.2, -0.15) is 4.31 Å². The van der Waals surface area contributed by atoms with Crippen LogP contribution in [0.5, 0.6) is 0 Å². The summed E-state index contributed by atoms with van der Waals surface area (Å²) in [5.74, 6) is -0.302. The van der Waals surface area contributed by atoms with Crippen LogP contribution in [0, 0.1) is 0 Å². The molecule has 0 bridgehead atoms. The number of fused-ring (bicyclic) bond motifs is 1. The first-order valence-corrected chi connectivity index (χ1v) is 12.0. The van der Waals surface area contributed by atoms with Crippen LogP contribution in [0.3, 0.4) is 0 Å². The van der Waals surface area contributed by atoms with Crippen molar-refractivity contribution in [1.82, 2.24) is 9.29 Å². The molecule has 4 rings (SSSR count). The molecule has 1 saturated heterocycles. The van der Waals surface area contributed by atoms with Gasteiger partial charge >= 0.3 is 0 Å². The molecule has 1 atom stereocenters. The second kappa shape index (κ2) is 7.33. The van der Waals surface area contributed by atoms with Crippen LogP contribution in [0.15, 0.2) is 23.6 Å². The van der Waals surface area contributed by atoms with E-state index in [0.717, 1.165) is 30.4 Å². The Kier molecular flexibility index (Phi) is 5.05. The lowest BCUT2D eigenvalue weighted by atomic mass is 9.90. The Morgan fingerprint density at radius 3 is 2.78 bits per heavy atom. The number of benzene rings is 1. The number of sulfonamides is 1. The van der Waals surface area contributed by atoms with Crippen molar-refractivity contribution >= 4 is 32.4 Å². The zero-order valence-electron chi connectivity index (χ0n) is 15.3. The van der Waals surface area contributed by atoms with Gasteiger partial charge in [0.1, 0.15) is 6.04 Å². The lowest BCUT2D eigenvalue weighted by molar-refractivity contribution is -0.119. The molecule has 0 radical (unpaired) electrons. The number of aromatic nitrogens is 1. The average Bonchev–Trinajstić information content (AvgIpc) is 3.30. The summed E-state index contributed by atoms with van der Waals surface area (Å²) in [7, 11) is -3.38. The van der Waals surface area contributed by atoms with E-state index in [-0.39, 0.29) is 5.91 Å². The highest BCUT2D eigenvalue weighted by atomic mass is 32.2. The van der Waals surface area contributed by atoms with Gasteiger partial charge in [0.15, 0.2) is 5.13 Å². The zero-order chi connectivity index (χ0) is 19.0. The summed E-state index contributed by atoms with van der Waals surface area (Å²) in [5.41, 5.74) is 4.73. The summed E-state index contributed by atoms with van der Waals surface area (Å²) in [6.07, 6.45) is 7.13. The predicted molar refractivity (Wildman–Crippen MR) is 107 cm³/mol. The molecule has 2 aliphatic rings. The first-order valence-electron chi connectivity index (χ1n) is 9.27. The zero-order valence-corrected chi connectivity index (χ0v) is 16.9. The summed E-state index contributed by atoms with van der Waals surface area (Å²) in [4.78, 5) is 17.1. The van der Waals surface area contributed by atoms with Gasteiger partial charge in [0, 0.05) is 17.5 Å². The number of hydrogen-bond donors (Lipinski definition) is 1. The molecular formula is C19H23N3O3S2. The Morgan fingerprint density at radius 2 is 2.00 bits per heavy atom. The molecule has 0 spiro atoms. The fraction of sp³-hybridized carbons (Fsp3) is 0.474. The second-order valence-corrected chi connectivity index (χ2v) is 10.0. The van der Waals surface area contributed by atoms with Crippen molar-refractivity contribution in [3.8, 4) is 11.3 Å². The van der Waals surface area contributed by atoms with Crippen molar-refractivity contribution in [2.75, 3.05) is 18.1 Å². The SMILES string of the molecule is CS(=O)(=O)N1CCC[C@H]1C(=O)Nc1nc(-c2ccc3c(c2)CCCC3)cs1. The molecule has 0 unspecified atom stereocenters. The number of anilines is 1. The quantitative estimate of drug-likeness (QED) is 0.848. The lowest BCUT2D eigenvalue weighted by Gasteiger charge is -2.20. The minimum Gasteiger partial charge on any atom is -0.301 e. The number of nitrogens with zero attached hydrogens (tertiary/aromatic N) is 2. The van der Waals surface area contributed by atoms with Gasteiger partial charge < -0.3 is 5.32 Å². The van der Waals surface area contributed by atoms with E-state index in [1.807, 2.05) is 5.38 Å². The molecule has 1 N–H and O–H groups in total. The molecule has 1 aromatic heterocycles. The molecule has 2 heterocycles. The monoisotopic (exact) mass is 405 g/mol. The maximum Gasteiger partial charge on any atom is 0.244 e. The number of aryl methyl sites for hydroxylation is 2. The molecule has 1 aromatic carbocycles. The highest BCUT2D eigenvalue weighted by Crippen LogP contribution is 2.30. The van der Waals surface area contributed by atoms with Gasteiger partial charge in [-0.1, -0.05) is 12.1 Å². The third kappa shape index (κ3) is 3.93. The Hall–Kier alpha value is -1.77. The minimum atomic E-state index is -3.38. The van der Waals surface area contributed by atoms with E-state index >= 15 is 0 Å². The summed E-state index contributed by atoms with van der Waals surface area (Å²) in [5, 5.41) is 5.24. The maximum atomic E-state index is 12.6. The third-order valence-corrected chi connectivity index (χ3v) is 7.36. The van der Waals surface area contributed by atoms with Crippen molar-refractivity contribution in [3.63, 3.8) is 0 Å². The first kappa shape index (κ1) is 18.6. The summed E-state index contributed by atoms with van der Waals surface area (Å²) < 4.78 is 25.0. The fourth-order valence-corrected chi connectivity index (χ4v) is 5.79. The third-order valence-electron chi connectivity index (χ3n) is 5.31. The molecule has 1 amide bonds. The van der Waals surface area contributed by atoms with Crippen molar-refractivity contribution in [3.05, 3.63) is 34.7 Å². The van der Waals surface area contributed by atoms with Gasteiger partial charge in [-0.25, -0.2) is 13.4 Å². The van der Waals surface area contributed by atoms with E-state index < -0.39 is 16.1 Å². The number of hydrogen-bond acceptors (Lipinski definition) is 5. The molecule has 1 aliphatic heterocycles. The van der Waals surface area contributed by atoms with E-state index in [0.29, 0.717) is 24.5 Å². The Morgan fingerprint density at radius 1 is 1.22 bits per heavy atom. The van der Waals surface area contributed by atoms with Crippen molar-refractivity contribution in [2.45, 2.75) is 44.6 Å². The van der Waals surface area contributed by atoms with Gasteiger partial charge in [0.05, 0.1) is 11.9 Å². The highest BCUT2D eigenvalue weighted by molar-refractivity contribution is 7.88. The summed E-state index contributed by atoms with van der Waals surface area (Å²) in [6, 6.07) is 5.84. The van der Waals surface area contributed by atoms with Gasteiger partial charge in [0.25, 0.3) is 0 Å². The molecule has 8 heteroatoms. The van der Waals surface area contributed by atoms with Crippen molar-refractivity contribution < 1.29 is 13.2 Å². The standard InChI is InChI=1S/C19H23N3O3S2/c1-27(24,25)22-10-4-7-17(22)18(23)21-19-20-16(12-26-19)15-9-8-13-5-2-3-6-14(13)11-15/h8-9,11-12,17H,2-7,10H2,1H3,(H,20,21,23)/t17-/m0/s1. The van der Waals surface area contributed by atoms with Crippen LogP contribution < -0.4 is 5.32 Å². The number of rotatable bonds is 4. The largest absolute Gasteiger partial charge is 0.301 e. The maximum absolute atomic E-state index is 12.6. The number of thiazole rings is 1. The molecule has 2 aromatic rings. The van der Waals surface area contributed by atoms with E-state index in [4.69, 9.17) is 0 Å². The van der Waals surface area contributed by atoms with E-state index in [9.17, 15) is 13.2 Å². The molecule has 1 aliphatic carbocycles. The van der Waals surface area contributed by atoms with Crippen LogP contribution in [-0.2, 0) is 27.7 Å². The normalized spacial score (nSPS) is 20.4. The number of carbonyl (C=O) groups is 1. The van der Waals surface area contributed by atoms with Gasteiger partial charge in [0.2, 0.25) is 15.9 Å². The molecule has 27 heavy (non-hydrogen) atoms. The van der Waals surface area contributed by atoms with E-state index in [2.05, 4.69) is 28.5 Å². The highest BCUT2D eigenvalue weighted by Gasteiger charge is 2.36. The summed E-state index contributed by atoms with van der Waals surface area (Å²) >= 11 is 1.37. The molecular weight excluding hydrogens is 382 g/mol. The first-order chi connectivity index (χ1) is 12.9. The van der Waals surface area contributed by atoms with Crippen LogP contribution in [0.1, 0.15) is 36.8 Å². The average molecular weight is 406 g/mol. The molecule has 0 saturated carbocycles. The van der Waals surface area contributed by atoms with Crippen LogP contribution in [-0.4, -0.2) is 42.5 Å². The van der Waals surface area contributed by atoms with Crippen molar-refractivity contribution in [2.24, 2.45) is 0 Å². The van der Waals surface area contributed by atoms with E-state index in [1.54, 1.807) is 0 Å². The fourth-order valence-electron chi connectivity index (χ4n) is 3.94. The minimum absolute atomic E-state index is 0.302. The van der Waals surface area contributed by atoms with Gasteiger partial charge in [-0.05, 0) is 55.7 Å². The Bertz CT molecular complexity index is 968. The van der Waals surface area contributed by atoms with Crippen LogP contribution in [0.25, 0.3) is 11.3 Å². The second-order valence-electron chi connectivity index (χ2n) is 7.25. The van der Waals surface area contributed by atoms with Gasteiger partial charge in [-0.15, -0.1) is 11.3 Å². The number of amides is 1. The van der Waals surface area contributed by atoms with Crippen molar-refractivity contribution in [1.29, 1.82) is 0 Å². The van der Waals surface area contributed by atoms with Gasteiger partial charge in [-0.3, -0.25) is 4.79 Å². The Balaban J connectivity index is 1.49. The van der Waals surface area contributed by atoms with Crippen LogP contribution in [0.2, 0.25) is 0 Å². The van der Waals surface area contributed by atoms with Crippen LogP contribution in [0.4, 0.5) is 5.13 Å².